The average Bonchev–Trinajstić information content (AvgIpc) is 2.80. The molecule has 0 radical (unpaired) electrons. The third-order valence-electron chi connectivity index (χ3n) is 6.51. The van der Waals surface area contributed by atoms with Gasteiger partial charge in [0.1, 0.15) is 18.1 Å². The summed E-state index contributed by atoms with van der Waals surface area (Å²) in [7, 11) is 1.04. The molecule has 9 heteroatoms. The Labute approximate surface area is 214 Å². The van der Waals surface area contributed by atoms with Crippen LogP contribution in [0, 0.1) is 0 Å². The van der Waals surface area contributed by atoms with Gasteiger partial charge in [-0.2, -0.15) is 13.2 Å². The smallest absolute Gasteiger partial charge is 0.411 e. The molecule has 0 aliphatic rings. The minimum atomic E-state index is -4.41. The maximum atomic E-state index is 13.1. The minimum absolute atomic E-state index is 0.0620. The molecule has 1 atom stereocenters. The molecule has 0 heterocycles. The molecule has 0 fully saturated rings. The molecule has 2 aromatic rings. The summed E-state index contributed by atoms with van der Waals surface area (Å²) in [4.78, 5) is 2.08. The lowest BCUT2D eigenvalue weighted by molar-refractivity contribution is -0.190. The van der Waals surface area contributed by atoms with Gasteiger partial charge in [-0.1, -0.05) is 45.0 Å². The van der Waals surface area contributed by atoms with Gasteiger partial charge in [0.15, 0.2) is 8.32 Å². The number of hydrogen-bond acceptors (Lipinski definition) is 5. The Morgan fingerprint density at radius 3 is 1.61 bits per heavy atom. The van der Waals surface area contributed by atoms with Crippen LogP contribution in [0.2, 0.25) is 18.1 Å². The van der Waals surface area contributed by atoms with Gasteiger partial charge in [-0.3, -0.25) is 4.90 Å². The summed E-state index contributed by atoms with van der Waals surface area (Å²) >= 11 is 0. The second-order valence-corrected chi connectivity index (χ2v) is 15.3. The zero-order valence-electron chi connectivity index (χ0n) is 22.4. The van der Waals surface area contributed by atoms with Crippen LogP contribution in [0.25, 0.3) is 0 Å². The number of methoxy groups -OCH3 is 2. The van der Waals surface area contributed by atoms with Crippen LogP contribution in [-0.2, 0) is 22.3 Å². The van der Waals surface area contributed by atoms with Gasteiger partial charge in [0.2, 0.25) is 0 Å². The van der Waals surface area contributed by atoms with Gasteiger partial charge >= 0.3 is 6.18 Å². The van der Waals surface area contributed by atoms with E-state index >= 15 is 0 Å². The van der Waals surface area contributed by atoms with Gasteiger partial charge < -0.3 is 18.6 Å². The molecule has 2 rings (SSSR count). The first-order chi connectivity index (χ1) is 16.7. The van der Waals surface area contributed by atoms with Crippen LogP contribution >= 0.6 is 0 Å². The van der Waals surface area contributed by atoms with Gasteiger partial charge in [0.25, 0.3) is 0 Å². The Morgan fingerprint density at radius 1 is 0.806 bits per heavy atom. The zero-order valence-corrected chi connectivity index (χ0v) is 23.4. The molecule has 2 aromatic carbocycles. The van der Waals surface area contributed by atoms with Crippen LogP contribution in [0.1, 0.15) is 31.9 Å². The van der Waals surface area contributed by atoms with E-state index in [4.69, 9.17) is 18.6 Å². The normalized spacial score (nSPS) is 13.6. The van der Waals surface area contributed by atoms with Crippen molar-refractivity contribution >= 4 is 8.32 Å². The molecule has 0 N–H and O–H groups in total. The number of rotatable bonds is 13. The van der Waals surface area contributed by atoms with Gasteiger partial charge in [0.05, 0.1) is 26.9 Å². The molecule has 0 aromatic heterocycles. The highest BCUT2D eigenvalue weighted by atomic mass is 28.4. The van der Waals surface area contributed by atoms with E-state index in [2.05, 4.69) is 38.8 Å². The van der Waals surface area contributed by atoms with Crippen LogP contribution in [0.4, 0.5) is 13.2 Å². The molecule has 0 aliphatic carbocycles. The van der Waals surface area contributed by atoms with E-state index in [1.54, 1.807) is 14.2 Å². The molecule has 36 heavy (non-hydrogen) atoms. The molecular formula is C27H40F3NO4Si. The summed E-state index contributed by atoms with van der Waals surface area (Å²) < 4.78 is 61.3. The van der Waals surface area contributed by atoms with Gasteiger partial charge in [-0.05, 0) is 53.5 Å². The molecule has 0 amide bonds. The number of alkyl halides is 3. The van der Waals surface area contributed by atoms with Crippen molar-refractivity contribution < 1.29 is 31.8 Å². The number of benzene rings is 2. The lowest BCUT2D eigenvalue weighted by Crippen LogP contribution is -2.45. The van der Waals surface area contributed by atoms with Crippen molar-refractivity contribution in [1.29, 1.82) is 0 Å². The van der Waals surface area contributed by atoms with E-state index in [1.165, 1.54) is 0 Å². The largest absolute Gasteiger partial charge is 0.497 e. The van der Waals surface area contributed by atoms with Crippen LogP contribution < -0.4 is 9.47 Å². The van der Waals surface area contributed by atoms with Crippen molar-refractivity contribution in [3.05, 3.63) is 59.7 Å². The maximum absolute atomic E-state index is 13.1. The summed E-state index contributed by atoms with van der Waals surface area (Å²) in [6.07, 6.45) is -5.15. The molecule has 1 unspecified atom stereocenters. The minimum Gasteiger partial charge on any atom is -0.497 e. The molecule has 202 valence electrons. The monoisotopic (exact) mass is 527 g/mol. The van der Waals surface area contributed by atoms with E-state index in [9.17, 15) is 13.2 Å². The molecule has 0 saturated carbocycles. The first-order valence-electron chi connectivity index (χ1n) is 12.0. The summed E-state index contributed by atoms with van der Waals surface area (Å²) in [5.74, 6) is 1.49. The standard InChI is InChI=1S/C27H40F3NO4Si/c1-26(2,3)36(6,7)35-19-25(34-20-27(28,29)30)18-31(16-21-8-12-23(32-4)13-9-21)17-22-10-14-24(33-5)15-11-22/h8-15,25H,16-20H2,1-7H3. The quantitative estimate of drug-likeness (QED) is 0.272. The summed E-state index contributed by atoms with van der Waals surface area (Å²) in [6, 6.07) is 15.3. The van der Waals surface area contributed by atoms with E-state index in [0.717, 1.165) is 22.6 Å². The molecule has 0 bridgehead atoms. The first kappa shape index (κ1) is 30.2. The predicted octanol–water partition coefficient (Wildman–Crippen LogP) is 6.68. The van der Waals surface area contributed by atoms with Gasteiger partial charge in [-0.15, -0.1) is 0 Å². The number of nitrogens with zero attached hydrogens (tertiary/aromatic N) is 1. The predicted molar refractivity (Wildman–Crippen MR) is 139 cm³/mol. The lowest BCUT2D eigenvalue weighted by Gasteiger charge is -2.38. The van der Waals surface area contributed by atoms with Gasteiger partial charge in [0, 0.05) is 19.6 Å². The van der Waals surface area contributed by atoms with E-state index in [0.29, 0.717) is 13.1 Å². The first-order valence-corrected chi connectivity index (χ1v) is 14.9. The fraction of sp³-hybridized carbons (Fsp3) is 0.556. The highest BCUT2D eigenvalue weighted by molar-refractivity contribution is 6.74. The second kappa shape index (κ2) is 12.9. The Balaban J connectivity index is 2.25. The molecule has 0 spiro atoms. The van der Waals surface area contributed by atoms with Crippen molar-refractivity contribution in [2.24, 2.45) is 0 Å². The van der Waals surface area contributed by atoms with Gasteiger partial charge in [-0.25, -0.2) is 0 Å². The number of hydrogen-bond donors (Lipinski definition) is 0. The van der Waals surface area contributed by atoms with Crippen molar-refractivity contribution in [2.75, 3.05) is 34.0 Å². The fourth-order valence-electron chi connectivity index (χ4n) is 3.33. The van der Waals surface area contributed by atoms with Crippen molar-refractivity contribution in [1.82, 2.24) is 4.90 Å². The Morgan fingerprint density at radius 2 is 1.25 bits per heavy atom. The SMILES string of the molecule is COc1ccc(CN(Cc2ccc(OC)cc2)CC(CO[Si](C)(C)C(C)(C)C)OCC(F)(F)F)cc1. The van der Waals surface area contributed by atoms with E-state index < -0.39 is 27.2 Å². The van der Waals surface area contributed by atoms with Crippen LogP contribution in [0.5, 0.6) is 11.5 Å². The molecule has 0 saturated heterocycles. The molecular weight excluding hydrogens is 487 g/mol. The Bertz CT molecular complexity index is 863. The molecule has 0 aliphatic heterocycles. The summed E-state index contributed by atoms with van der Waals surface area (Å²) in [6.45, 7) is 10.6. The van der Waals surface area contributed by atoms with Crippen LogP contribution in [-0.4, -0.2) is 59.5 Å². The number of ether oxygens (including phenoxy) is 3. The Hall–Kier alpha value is -2.07. The maximum Gasteiger partial charge on any atom is 0.411 e. The lowest BCUT2D eigenvalue weighted by atomic mass is 10.1. The zero-order chi connectivity index (χ0) is 27.0. The third-order valence-corrected chi connectivity index (χ3v) is 11.0. The number of halogens is 3. The highest BCUT2D eigenvalue weighted by Gasteiger charge is 2.38. The topological polar surface area (TPSA) is 40.2 Å². The summed E-state index contributed by atoms with van der Waals surface area (Å²) in [5, 5.41) is -0.0620. The second-order valence-electron chi connectivity index (χ2n) is 10.5. The fourth-order valence-corrected chi connectivity index (χ4v) is 4.37. The third kappa shape index (κ3) is 10.1. The van der Waals surface area contributed by atoms with Crippen molar-refractivity contribution in [2.45, 2.75) is 64.3 Å². The van der Waals surface area contributed by atoms with Crippen LogP contribution in [0.15, 0.2) is 48.5 Å². The summed E-state index contributed by atoms with van der Waals surface area (Å²) in [5.41, 5.74) is 2.04. The van der Waals surface area contributed by atoms with E-state index in [1.807, 2.05) is 48.5 Å². The van der Waals surface area contributed by atoms with E-state index in [-0.39, 0.29) is 18.2 Å². The van der Waals surface area contributed by atoms with Crippen molar-refractivity contribution in [3.8, 4) is 11.5 Å². The molecule has 5 nitrogen and oxygen atoms in total. The van der Waals surface area contributed by atoms with Crippen LogP contribution in [0.3, 0.4) is 0 Å². The Kier molecular flexibility index (Phi) is 10.8. The highest BCUT2D eigenvalue weighted by Crippen LogP contribution is 2.36. The average molecular weight is 528 g/mol. The van der Waals surface area contributed by atoms with Crippen molar-refractivity contribution in [3.63, 3.8) is 0 Å².